The zero-order valence-corrected chi connectivity index (χ0v) is 14.0. The second-order valence-electron chi connectivity index (χ2n) is 5.12. The van der Waals surface area contributed by atoms with Crippen molar-refractivity contribution >= 4 is 15.9 Å². The van der Waals surface area contributed by atoms with E-state index in [2.05, 4.69) is 10.6 Å². The van der Waals surface area contributed by atoms with Gasteiger partial charge >= 0.3 is 0 Å². The first-order chi connectivity index (χ1) is 10.7. The Bertz CT molecular complexity index is 677. The van der Waals surface area contributed by atoms with Crippen molar-refractivity contribution in [3.63, 3.8) is 0 Å². The van der Waals surface area contributed by atoms with Gasteiger partial charge in [-0.15, -0.1) is 6.42 Å². The summed E-state index contributed by atoms with van der Waals surface area (Å²) < 4.78 is 32.0. The highest BCUT2D eigenvalue weighted by molar-refractivity contribution is 7.89. The van der Waals surface area contributed by atoms with Crippen molar-refractivity contribution < 1.29 is 23.2 Å². The fraction of sp³-hybridized carbons (Fsp3) is 0.400. The molecule has 0 aliphatic rings. The lowest BCUT2D eigenvalue weighted by Gasteiger charge is -2.24. The van der Waals surface area contributed by atoms with Crippen molar-refractivity contribution in [2.24, 2.45) is 5.92 Å². The molecule has 1 aromatic carbocycles. The van der Waals surface area contributed by atoms with Gasteiger partial charge in [0.2, 0.25) is 10.0 Å². The third-order valence-electron chi connectivity index (χ3n) is 3.08. The van der Waals surface area contributed by atoms with Crippen LogP contribution in [0.25, 0.3) is 0 Å². The summed E-state index contributed by atoms with van der Waals surface area (Å²) in [5, 5.41) is 9.88. The highest BCUT2D eigenvalue weighted by Crippen LogP contribution is 2.17. The van der Waals surface area contributed by atoms with Crippen LogP contribution in [0.1, 0.15) is 13.8 Å². The quantitative estimate of drug-likeness (QED) is 0.436. The molecule has 23 heavy (non-hydrogen) atoms. The van der Waals surface area contributed by atoms with Crippen molar-refractivity contribution in [3.05, 3.63) is 24.3 Å². The number of hydrogen-bond acceptors (Lipinski definition) is 5. The second kappa shape index (κ2) is 7.97. The van der Waals surface area contributed by atoms with Gasteiger partial charge in [0.25, 0.3) is 5.91 Å². The zero-order chi connectivity index (χ0) is 17.6. The largest absolute Gasteiger partial charge is 0.497 e. The molecule has 1 rings (SSSR count). The Morgan fingerprint density at radius 3 is 2.39 bits per heavy atom. The molecule has 126 valence electrons. The Balaban J connectivity index is 3.02. The molecule has 1 amide bonds. The molecule has 0 aliphatic heterocycles. The van der Waals surface area contributed by atoms with Crippen molar-refractivity contribution in [3.8, 4) is 18.1 Å². The summed E-state index contributed by atoms with van der Waals surface area (Å²) in [5.41, 5.74) is 0. The molecule has 0 aromatic heterocycles. The molecule has 0 heterocycles. The van der Waals surface area contributed by atoms with Gasteiger partial charge in [0.15, 0.2) is 0 Å². The normalized spacial score (nSPS) is 12.5. The lowest BCUT2D eigenvalue weighted by molar-refractivity contribution is -0.165. The molecule has 0 bridgehead atoms. The van der Waals surface area contributed by atoms with E-state index in [1.165, 1.54) is 31.4 Å². The summed E-state index contributed by atoms with van der Waals surface area (Å²) >= 11 is 0. The van der Waals surface area contributed by atoms with Crippen LogP contribution >= 0.6 is 0 Å². The number of rotatable bonds is 7. The number of nitrogens with zero attached hydrogens (tertiary/aromatic N) is 1. The smallest absolute Gasteiger partial charge is 0.265 e. The number of nitrogens with one attached hydrogen (secondary N) is 1. The average molecular weight is 340 g/mol. The molecule has 0 aliphatic carbocycles. The number of carbonyl (C=O) groups is 1. The molecule has 0 unspecified atom stereocenters. The Hall–Kier alpha value is -2.08. The molecule has 1 aromatic rings. The van der Waals surface area contributed by atoms with Gasteiger partial charge in [0, 0.05) is 0 Å². The Morgan fingerprint density at radius 2 is 1.96 bits per heavy atom. The molecule has 0 saturated heterocycles. The van der Waals surface area contributed by atoms with Gasteiger partial charge in [-0.25, -0.2) is 13.5 Å². The van der Waals surface area contributed by atoms with Crippen molar-refractivity contribution in [1.29, 1.82) is 0 Å². The van der Waals surface area contributed by atoms with Crippen molar-refractivity contribution in [2.75, 3.05) is 13.7 Å². The Morgan fingerprint density at radius 1 is 1.39 bits per heavy atom. The monoisotopic (exact) mass is 340 g/mol. The average Bonchev–Trinajstić information content (AvgIpc) is 2.52. The zero-order valence-electron chi connectivity index (χ0n) is 13.2. The summed E-state index contributed by atoms with van der Waals surface area (Å²) in [7, 11) is -2.47. The minimum Gasteiger partial charge on any atom is -0.497 e. The summed E-state index contributed by atoms with van der Waals surface area (Å²) in [6.45, 7) is 2.98. The standard InChI is InChI=1S/C15H20N2O5S/c1-5-10-17(19)15(18)14(11(2)3)16-23(20,21)13-8-6-12(22-4)7-9-13/h1,6-9,11,14,16,19H,10H2,2-4H3/t14-/m1/s1. The number of hydrogen-bond donors (Lipinski definition) is 2. The van der Waals surface area contributed by atoms with E-state index in [0.29, 0.717) is 10.8 Å². The van der Waals surface area contributed by atoms with Crippen LogP contribution in [0.4, 0.5) is 0 Å². The lowest BCUT2D eigenvalue weighted by atomic mass is 10.1. The lowest BCUT2D eigenvalue weighted by Crippen LogP contribution is -2.50. The van der Waals surface area contributed by atoms with Gasteiger partial charge in [-0.3, -0.25) is 10.0 Å². The first-order valence-electron chi connectivity index (χ1n) is 6.83. The minimum absolute atomic E-state index is 0.0156. The maximum absolute atomic E-state index is 12.4. The van der Waals surface area contributed by atoms with Crippen LogP contribution < -0.4 is 9.46 Å². The molecule has 2 N–H and O–H groups in total. The van der Waals surface area contributed by atoms with Gasteiger partial charge in [-0.1, -0.05) is 19.8 Å². The molecule has 0 spiro atoms. The number of benzene rings is 1. The van der Waals surface area contributed by atoms with Crippen molar-refractivity contribution in [1.82, 2.24) is 9.79 Å². The molecule has 0 radical (unpaired) electrons. The van der Waals surface area contributed by atoms with E-state index >= 15 is 0 Å². The highest BCUT2D eigenvalue weighted by Gasteiger charge is 2.31. The summed E-state index contributed by atoms with van der Waals surface area (Å²) in [5.74, 6) is 1.43. The van der Waals surface area contributed by atoms with Gasteiger partial charge in [-0.2, -0.15) is 4.72 Å². The molecule has 7 nitrogen and oxygen atoms in total. The fourth-order valence-corrected chi connectivity index (χ4v) is 3.12. The molecule has 8 heteroatoms. The number of hydroxylamine groups is 2. The SMILES string of the molecule is C#CCN(O)C(=O)[C@H](NS(=O)(=O)c1ccc(OC)cc1)C(C)C. The molecular weight excluding hydrogens is 320 g/mol. The third kappa shape index (κ3) is 4.96. The van der Waals surface area contributed by atoms with Crippen LogP contribution in [-0.2, 0) is 14.8 Å². The van der Waals surface area contributed by atoms with Gasteiger partial charge in [-0.05, 0) is 30.2 Å². The number of amides is 1. The Kier molecular flexibility index (Phi) is 6.57. The van der Waals surface area contributed by atoms with E-state index < -0.39 is 22.0 Å². The van der Waals surface area contributed by atoms with E-state index in [1.54, 1.807) is 13.8 Å². The van der Waals surface area contributed by atoms with Gasteiger partial charge in [0.05, 0.1) is 12.0 Å². The maximum Gasteiger partial charge on any atom is 0.265 e. The minimum atomic E-state index is -3.94. The molecule has 0 saturated carbocycles. The van der Waals surface area contributed by atoms with E-state index in [0.717, 1.165) is 0 Å². The topological polar surface area (TPSA) is 95.9 Å². The predicted octanol–water partition coefficient (Wildman–Crippen LogP) is 0.849. The van der Waals surface area contributed by atoms with Crippen LogP contribution in [0.5, 0.6) is 5.75 Å². The summed E-state index contributed by atoms with van der Waals surface area (Å²) in [4.78, 5) is 12.1. The summed E-state index contributed by atoms with van der Waals surface area (Å²) in [6.07, 6.45) is 5.03. The first kappa shape index (κ1) is 19.0. The summed E-state index contributed by atoms with van der Waals surface area (Å²) in [6, 6.07) is 4.58. The van der Waals surface area contributed by atoms with Crippen LogP contribution in [0.2, 0.25) is 0 Å². The molecule has 0 fully saturated rings. The first-order valence-corrected chi connectivity index (χ1v) is 8.31. The highest BCUT2D eigenvalue weighted by atomic mass is 32.2. The molecule has 1 atom stereocenters. The third-order valence-corrected chi connectivity index (χ3v) is 4.54. The van der Waals surface area contributed by atoms with Crippen LogP contribution in [0.15, 0.2) is 29.2 Å². The number of terminal acetylenes is 1. The maximum atomic E-state index is 12.4. The van der Waals surface area contributed by atoms with E-state index in [-0.39, 0.29) is 17.4 Å². The molecular formula is C15H20N2O5S. The predicted molar refractivity (Wildman–Crippen MR) is 84.3 cm³/mol. The van der Waals surface area contributed by atoms with Crippen LogP contribution in [-0.4, -0.2) is 44.3 Å². The van der Waals surface area contributed by atoms with Gasteiger partial charge in [0.1, 0.15) is 18.3 Å². The second-order valence-corrected chi connectivity index (χ2v) is 6.83. The van der Waals surface area contributed by atoms with Crippen LogP contribution in [0, 0.1) is 18.3 Å². The number of ether oxygens (including phenoxy) is 1. The van der Waals surface area contributed by atoms with E-state index in [1.807, 2.05) is 0 Å². The van der Waals surface area contributed by atoms with E-state index in [9.17, 15) is 18.4 Å². The van der Waals surface area contributed by atoms with Crippen molar-refractivity contribution in [2.45, 2.75) is 24.8 Å². The number of sulfonamides is 1. The van der Waals surface area contributed by atoms with Gasteiger partial charge < -0.3 is 4.74 Å². The van der Waals surface area contributed by atoms with Crippen LogP contribution in [0.3, 0.4) is 0 Å². The van der Waals surface area contributed by atoms with E-state index in [4.69, 9.17) is 11.2 Å². The number of methoxy groups -OCH3 is 1. The fourth-order valence-electron chi connectivity index (χ4n) is 1.79. The number of carbonyl (C=O) groups excluding carboxylic acids is 1. The Labute approximate surface area is 136 Å².